The molecule has 0 aliphatic rings. The highest BCUT2D eigenvalue weighted by atomic mass is 16.2. The molecule has 0 amide bonds. The first-order valence-electron chi connectivity index (χ1n) is 4.51. The standard InChI is InChI=1S/C8H7N7O/c1-2-7-12-6(3-9)13-15(7)8(16)14-5-10-4-11-14/h4-5H,2H2,1H3. The van der Waals surface area contributed by atoms with E-state index in [1.165, 1.54) is 12.7 Å². The van der Waals surface area contributed by atoms with Gasteiger partial charge < -0.3 is 0 Å². The molecule has 0 spiro atoms. The molecule has 0 bridgehead atoms. The van der Waals surface area contributed by atoms with E-state index in [1.54, 1.807) is 6.07 Å². The number of hydrogen-bond donors (Lipinski definition) is 0. The number of aryl methyl sites for hydroxylation is 1. The minimum atomic E-state index is -0.511. The van der Waals surface area contributed by atoms with Crippen LogP contribution < -0.4 is 0 Å². The molecule has 80 valence electrons. The second kappa shape index (κ2) is 3.90. The van der Waals surface area contributed by atoms with Gasteiger partial charge in [-0.05, 0) is 0 Å². The smallest absolute Gasteiger partial charge is 0.243 e. The molecule has 0 radical (unpaired) electrons. The largest absolute Gasteiger partial charge is 0.372 e. The quantitative estimate of drug-likeness (QED) is 0.656. The van der Waals surface area contributed by atoms with Gasteiger partial charge in [0.05, 0.1) is 0 Å². The number of carbonyl (C=O) groups is 1. The first kappa shape index (κ1) is 9.97. The molecule has 0 saturated heterocycles. The van der Waals surface area contributed by atoms with Crippen molar-refractivity contribution in [3.63, 3.8) is 0 Å². The van der Waals surface area contributed by atoms with E-state index in [9.17, 15) is 4.79 Å². The number of carbonyl (C=O) groups excluding carboxylic acids is 1. The summed E-state index contributed by atoms with van der Waals surface area (Å²) < 4.78 is 2.07. The SMILES string of the molecule is CCc1nc(C#N)nn1C(=O)n1cncn1. The Morgan fingerprint density at radius 2 is 2.44 bits per heavy atom. The van der Waals surface area contributed by atoms with E-state index in [0.29, 0.717) is 12.2 Å². The fourth-order valence-electron chi connectivity index (χ4n) is 1.18. The average Bonchev–Trinajstić information content (AvgIpc) is 2.96. The summed E-state index contributed by atoms with van der Waals surface area (Å²) in [5.41, 5.74) is 0. The van der Waals surface area contributed by atoms with Crippen molar-refractivity contribution in [1.29, 1.82) is 5.26 Å². The second-order valence-electron chi connectivity index (χ2n) is 2.85. The third kappa shape index (κ3) is 1.54. The Bertz CT molecular complexity index is 547. The van der Waals surface area contributed by atoms with Crippen molar-refractivity contribution in [2.45, 2.75) is 13.3 Å². The highest BCUT2D eigenvalue weighted by Crippen LogP contribution is 2.00. The van der Waals surface area contributed by atoms with Crippen molar-refractivity contribution < 1.29 is 4.79 Å². The zero-order chi connectivity index (χ0) is 11.5. The molecule has 0 N–H and O–H groups in total. The predicted octanol–water partition coefficient (Wildman–Crippen LogP) is -0.180. The van der Waals surface area contributed by atoms with E-state index >= 15 is 0 Å². The van der Waals surface area contributed by atoms with Crippen molar-refractivity contribution in [3.05, 3.63) is 24.3 Å². The van der Waals surface area contributed by atoms with Crippen molar-refractivity contribution in [2.75, 3.05) is 0 Å². The molecule has 2 aromatic rings. The summed E-state index contributed by atoms with van der Waals surface area (Å²) in [4.78, 5) is 19.4. The Hall–Kier alpha value is -2.56. The van der Waals surface area contributed by atoms with Gasteiger partial charge >= 0.3 is 6.03 Å². The summed E-state index contributed by atoms with van der Waals surface area (Å²) in [7, 11) is 0. The molecular weight excluding hydrogens is 210 g/mol. The van der Waals surface area contributed by atoms with Gasteiger partial charge in [-0.25, -0.2) is 14.8 Å². The van der Waals surface area contributed by atoms with E-state index < -0.39 is 6.03 Å². The lowest BCUT2D eigenvalue weighted by atomic mass is 10.4. The molecule has 0 aliphatic heterocycles. The van der Waals surface area contributed by atoms with E-state index in [0.717, 1.165) is 9.36 Å². The lowest BCUT2D eigenvalue weighted by Crippen LogP contribution is -2.23. The highest BCUT2D eigenvalue weighted by molar-refractivity contribution is 5.77. The maximum Gasteiger partial charge on any atom is 0.372 e. The van der Waals surface area contributed by atoms with Crippen LogP contribution in [0, 0.1) is 11.3 Å². The molecular formula is C8H7N7O. The molecule has 8 heteroatoms. The van der Waals surface area contributed by atoms with Crippen LogP contribution in [0.5, 0.6) is 0 Å². The van der Waals surface area contributed by atoms with Crippen molar-refractivity contribution in [1.82, 2.24) is 29.5 Å². The Labute approximate surface area is 90.2 Å². The lowest BCUT2D eigenvalue weighted by molar-refractivity contribution is 0.237. The lowest BCUT2D eigenvalue weighted by Gasteiger charge is -2.00. The van der Waals surface area contributed by atoms with Crippen molar-refractivity contribution in [2.24, 2.45) is 0 Å². The fourth-order valence-corrected chi connectivity index (χ4v) is 1.18. The maximum atomic E-state index is 11.8. The van der Waals surface area contributed by atoms with Crippen molar-refractivity contribution in [3.8, 4) is 6.07 Å². The van der Waals surface area contributed by atoms with Gasteiger partial charge in [0.15, 0.2) is 0 Å². The fraction of sp³-hybridized carbons (Fsp3) is 0.250. The van der Waals surface area contributed by atoms with Gasteiger partial charge in [-0.15, -0.1) is 5.10 Å². The average molecular weight is 217 g/mol. The van der Waals surface area contributed by atoms with Crippen LogP contribution in [0.15, 0.2) is 12.7 Å². The Morgan fingerprint density at radius 1 is 1.62 bits per heavy atom. The van der Waals surface area contributed by atoms with E-state index in [2.05, 4.69) is 20.2 Å². The van der Waals surface area contributed by atoms with Crippen LogP contribution in [-0.4, -0.2) is 35.6 Å². The molecule has 0 atom stereocenters. The van der Waals surface area contributed by atoms with Gasteiger partial charge in [0.2, 0.25) is 0 Å². The number of hydrogen-bond acceptors (Lipinski definition) is 6. The molecule has 2 aromatic heterocycles. The van der Waals surface area contributed by atoms with Crippen LogP contribution in [-0.2, 0) is 6.42 Å². The monoisotopic (exact) mass is 217 g/mol. The van der Waals surface area contributed by atoms with Crippen LogP contribution in [0.25, 0.3) is 0 Å². The van der Waals surface area contributed by atoms with Crippen LogP contribution in [0.2, 0.25) is 0 Å². The number of nitrogens with zero attached hydrogens (tertiary/aromatic N) is 7. The van der Waals surface area contributed by atoms with Gasteiger partial charge in [-0.3, -0.25) is 0 Å². The number of aromatic nitrogens is 6. The zero-order valence-corrected chi connectivity index (χ0v) is 8.40. The summed E-state index contributed by atoms with van der Waals surface area (Å²) in [6.07, 6.45) is 3.00. The van der Waals surface area contributed by atoms with Crippen LogP contribution >= 0.6 is 0 Å². The Morgan fingerprint density at radius 3 is 3.00 bits per heavy atom. The Kier molecular flexibility index (Phi) is 2.43. The molecule has 8 nitrogen and oxygen atoms in total. The van der Waals surface area contributed by atoms with Gasteiger partial charge in [-0.2, -0.15) is 19.7 Å². The van der Waals surface area contributed by atoms with Crippen LogP contribution in [0.1, 0.15) is 18.6 Å². The van der Waals surface area contributed by atoms with Gasteiger partial charge in [0.1, 0.15) is 24.5 Å². The van der Waals surface area contributed by atoms with E-state index in [1.807, 2.05) is 6.92 Å². The third-order valence-corrected chi connectivity index (χ3v) is 1.89. The topological polar surface area (TPSA) is 102 Å². The van der Waals surface area contributed by atoms with E-state index in [-0.39, 0.29) is 5.82 Å². The molecule has 16 heavy (non-hydrogen) atoms. The van der Waals surface area contributed by atoms with Gasteiger partial charge in [-0.1, -0.05) is 6.92 Å². The summed E-state index contributed by atoms with van der Waals surface area (Å²) in [5.74, 6) is 0.377. The highest BCUT2D eigenvalue weighted by Gasteiger charge is 2.16. The normalized spacial score (nSPS) is 10.0. The first-order valence-corrected chi connectivity index (χ1v) is 4.51. The number of rotatable bonds is 1. The molecule has 2 heterocycles. The minimum absolute atomic E-state index is 0.0367. The summed E-state index contributed by atoms with van der Waals surface area (Å²) in [6.45, 7) is 1.82. The first-order chi connectivity index (χ1) is 7.76. The number of nitriles is 1. The molecule has 0 unspecified atom stereocenters. The van der Waals surface area contributed by atoms with Gasteiger partial charge in [0.25, 0.3) is 5.82 Å². The molecule has 0 aromatic carbocycles. The third-order valence-electron chi connectivity index (χ3n) is 1.89. The van der Waals surface area contributed by atoms with Crippen LogP contribution in [0.3, 0.4) is 0 Å². The molecule has 0 fully saturated rings. The van der Waals surface area contributed by atoms with E-state index in [4.69, 9.17) is 5.26 Å². The summed E-state index contributed by atoms with van der Waals surface area (Å²) >= 11 is 0. The molecule has 0 saturated carbocycles. The van der Waals surface area contributed by atoms with Crippen molar-refractivity contribution >= 4 is 6.03 Å². The Balaban J connectivity index is 2.44. The molecule has 0 aliphatic carbocycles. The maximum absolute atomic E-state index is 11.8. The molecule has 2 rings (SSSR count). The summed E-state index contributed by atoms with van der Waals surface area (Å²) in [6, 6.07) is 1.27. The summed E-state index contributed by atoms with van der Waals surface area (Å²) in [5, 5.41) is 16.1. The minimum Gasteiger partial charge on any atom is -0.243 e. The zero-order valence-electron chi connectivity index (χ0n) is 8.40. The van der Waals surface area contributed by atoms with Crippen LogP contribution in [0.4, 0.5) is 4.79 Å². The second-order valence-corrected chi connectivity index (χ2v) is 2.85. The predicted molar refractivity (Wildman–Crippen MR) is 50.3 cm³/mol. The van der Waals surface area contributed by atoms with Gasteiger partial charge in [0, 0.05) is 6.42 Å².